The summed E-state index contributed by atoms with van der Waals surface area (Å²) in [6.45, 7) is 1.58. The minimum absolute atomic E-state index is 0.0325. The fourth-order valence-corrected chi connectivity index (χ4v) is 2.19. The monoisotopic (exact) mass is 249 g/mol. The first kappa shape index (κ1) is 12.5. The number of non-ortho nitro benzene ring substituents is 1. The Hall–Kier alpha value is -1.91. The number of nitro groups is 1. The zero-order valence-electron chi connectivity index (χ0n) is 10.4. The van der Waals surface area contributed by atoms with Gasteiger partial charge >= 0.3 is 0 Å². The number of ether oxygens (including phenoxy) is 1. The molecular formula is C13H15NO4. The van der Waals surface area contributed by atoms with Gasteiger partial charge in [0, 0.05) is 23.1 Å². The van der Waals surface area contributed by atoms with E-state index in [1.54, 1.807) is 13.0 Å². The van der Waals surface area contributed by atoms with E-state index in [0.717, 1.165) is 18.4 Å². The van der Waals surface area contributed by atoms with Crippen LogP contribution in [0.3, 0.4) is 0 Å². The Balaban J connectivity index is 2.33. The lowest BCUT2D eigenvalue weighted by Gasteiger charge is -2.14. The zero-order chi connectivity index (χ0) is 13.3. The van der Waals surface area contributed by atoms with Crippen molar-refractivity contribution in [1.82, 2.24) is 0 Å². The van der Waals surface area contributed by atoms with E-state index in [1.165, 1.54) is 19.2 Å². The van der Waals surface area contributed by atoms with Crippen molar-refractivity contribution in [3.05, 3.63) is 33.9 Å². The van der Waals surface area contributed by atoms with E-state index in [9.17, 15) is 14.9 Å². The second-order valence-corrected chi connectivity index (χ2v) is 4.77. The summed E-state index contributed by atoms with van der Waals surface area (Å²) >= 11 is 0. The topological polar surface area (TPSA) is 69.4 Å². The summed E-state index contributed by atoms with van der Waals surface area (Å²) in [5.74, 6) is 0.754. The van der Waals surface area contributed by atoms with Crippen molar-refractivity contribution in [2.75, 3.05) is 7.11 Å². The number of carbonyl (C=O) groups excluding carboxylic acids is 1. The summed E-state index contributed by atoms with van der Waals surface area (Å²) < 4.78 is 5.20. The van der Waals surface area contributed by atoms with Gasteiger partial charge in [-0.2, -0.15) is 0 Å². The van der Waals surface area contributed by atoms with Crippen LogP contribution in [0.15, 0.2) is 18.2 Å². The predicted octanol–water partition coefficient (Wildman–Crippen LogP) is 2.52. The molecule has 1 aromatic carbocycles. The number of benzene rings is 1. The van der Waals surface area contributed by atoms with Gasteiger partial charge < -0.3 is 4.74 Å². The zero-order valence-corrected chi connectivity index (χ0v) is 10.4. The first-order valence-corrected chi connectivity index (χ1v) is 5.81. The second-order valence-electron chi connectivity index (χ2n) is 4.77. The normalized spacial score (nSPS) is 16.1. The number of nitro benzene ring substituents is 1. The molecule has 1 aliphatic carbocycles. The van der Waals surface area contributed by atoms with Crippen LogP contribution >= 0.6 is 0 Å². The first-order chi connectivity index (χ1) is 8.48. The molecule has 0 saturated heterocycles. The largest absolute Gasteiger partial charge is 0.496 e. The maximum atomic E-state index is 11.6. The molecule has 0 N–H and O–H groups in total. The van der Waals surface area contributed by atoms with E-state index in [2.05, 4.69) is 0 Å². The lowest BCUT2D eigenvalue weighted by Crippen LogP contribution is -2.15. The molecule has 5 heteroatoms. The van der Waals surface area contributed by atoms with Crippen molar-refractivity contribution in [1.29, 1.82) is 0 Å². The van der Waals surface area contributed by atoms with Crippen molar-refractivity contribution in [2.24, 2.45) is 5.41 Å². The number of hydrogen-bond donors (Lipinski definition) is 0. The van der Waals surface area contributed by atoms with E-state index in [-0.39, 0.29) is 16.9 Å². The van der Waals surface area contributed by atoms with E-state index in [4.69, 9.17) is 4.74 Å². The molecule has 0 aliphatic heterocycles. The molecular weight excluding hydrogens is 234 g/mol. The number of methoxy groups -OCH3 is 1. The van der Waals surface area contributed by atoms with E-state index < -0.39 is 4.92 Å². The van der Waals surface area contributed by atoms with Crippen LogP contribution < -0.4 is 4.74 Å². The van der Waals surface area contributed by atoms with E-state index >= 15 is 0 Å². The van der Waals surface area contributed by atoms with Crippen LogP contribution in [0.2, 0.25) is 0 Å². The van der Waals surface area contributed by atoms with Crippen LogP contribution in [0.25, 0.3) is 0 Å². The van der Waals surface area contributed by atoms with Crippen molar-refractivity contribution in [3.8, 4) is 5.75 Å². The number of Topliss-reactive ketones (excluding diaryl/α,β-unsaturated/α-hetero) is 1. The summed E-state index contributed by atoms with van der Waals surface area (Å²) in [4.78, 5) is 21.9. The van der Waals surface area contributed by atoms with Crippen LogP contribution in [-0.4, -0.2) is 17.8 Å². The molecule has 5 nitrogen and oxygen atoms in total. The Morgan fingerprint density at radius 2 is 2.17 bits per heavy atom. The number of carbonyl (C=O) groups is 1. The molecule has 0 unspecified atom stereocenters. The van der Waals surface area contributed by atoms with Gasteiger partial charge in [-0.15, -0.1) is 0 Å². The highest BCUT2D eigenvalue weighted by Crippen LogP contribution is 2.50. The molecule has 0 heterocycles. The van der Waals surface area contributed by atoms with Gasteiger partial charge in [0.1, 0.15) is 11.5 Å². The standard InChI is InChI=1S/C13H15NO4/c1-9(15)13(5-6-13)8-10-7-11(14(16)17)3-4-12(10)18-2/h3-4,7H,5-6,8H2,1-2H3. The van der Waals surface area contributed by atoms with Gasteiger partial charge in [0.05, 0.1) is 12.0 Å². The van der Waals surface area contributed by atoms with Gasteiger partial charge in [-0.3, -0.25) is 14.9 Å². The molecule has 0 bridgehead atoms. The van der Waals surface area contributed by atoms with Crippen molar-refractivity contribution < 1.29 is 14.5 Å². The molecule has 0 atom stereocenters. The average molecular weight is 249 g/mol. The van der Waals surface area contributed by atoms with Gasteiger partial charge in [0.25, 0.3) is 5.69 Å². The molecule has 1 saturated carbocycles. The van der Waals surface area contributed by atoms with Crippen molar-refractivity contribution in [2.45, 2.75) is 26.2 Å². The summed E-state index contributed by atoms with van der Waals surface area (Å²) in [6.07, 6.45) is 2.23. The van der Waals surface area contributed by atoms with Crippen molar-refractivity contribution >= 4 is 11.5 Å². The SMILES string of the molecule is COc1ccc([N+](=O)[O-])cc1CC1(C(C)=O)CC1. The minimum atomic E-state index is -0.434. The summed E-state index contributed by atoms with van der Waals surface area (Å²) in [5, 5.41) is 10.8. The lowest BCUT2D eigenvalue weighted by atomic mass is 9.92. The maximum absolute atomic E-state index is 11.6. The third-order valence-corrected chi connectivity index (χ3v) is 3.60. The van der Waals surface area contributed by atoms with E-state index in [1.807, 2.05) is 0 Å². The van der Waals surface area contributed by atoms with Gasteiger partial charge in [-0.1, -0.05) is 0 Å². The van der Waals surface area contributed by atoms with Crippen LogP contribution in [0.5, 0.6) is 5.75 Å². The smallest absolute Gasteiger partial charge is 0.269 e. The van der Waals surface area contributed by atoms with Gasteiger partial charge in [-0.25, -0.2) is 0 Å². The average Bonchev–Trinajstić information content (AvgIpc) is 3.10. The minimum Gasteiger partial charge on any atom is -0.496 e. The molecule has 1 aromatic rings. The van der Waals surface area contributed by atoms with Gasteiger partial charge in [-0.05, 0) is 32.3 Å². The molecule has 18 heavy (non-hydrogen) atoms. The molecule has 1 aliphatic rings. The Kier molecular flexibility index (Phi) is 3.07. The summed E-state index contributed by atoms with van der Waals surface area (Å²) in [6, 6.07) is 4.50. The van der Waals surface area contributed by atoms with Gasteiger partial charge in [0.15, 0.2) is 0 Å². The second kappa shape index (κ2) is 4.40. The first-order valence-electron chi connectivity index (χ1n) is 5.81. The number of ketones is 1. The fourth-order valence-electron chi connectivity index (χ4n) is 2.19. The van der Waals surface area contributed by atoms with E-state index in [0.29, 0.717) is 12.2 Å². The Morgan fingerprint density at radius 1 is 1.50 bits per heavy atom. The third kappa shape index (κ3) is 2.20. The van der Waals surface area contributed by atoms with Crippen LogP contribution in [0.1, 0.15) is 25.3 Å². The highest BCUT2D eigenvalue weighted by molar-refractivity contribution is 5.85. The molecule has 0 radical (unpaired) electrons. The van der Waals surface area contributed by atoms with Crippen LogP contribution in [0.4, 0.5) is 5.69 Å². The van der Waals surface area contributed by atoms with Crippen molar-refractivity contribution in [3.63, 3.8) is 0 Å². The number of hydrogen-bond acceptors (Lipinski definition) is 4. The number of nitrogens with zero attached hydrogens (tertiary/aromatic N) is 1. The maximum Gasteiger partial charge on any atom is 0.269 e. The highest BCUT2D eigenvalue weighted by atomic mass is 16.6. The molecule has 1 fully saturated rings. The molecule has 0 amide bonds. The van der Waals surface area contributed by atoms with Crippen LogP contribution in [0, 0.1) is 15.5 Å². The molecule has 2 rings (SSSR count). The third-order valence-electron chi connectivity index (χ3n) is 3.60. The summed E-state index contributed by atoms with van der Waals surface area (Å²) in [5.41, 5.74) is 0.451. The predicted molar refractivity (Wildman–Crippen MR) is 65.7 cm³/mol. The Labute approximate surface area is 105 Å². The lowest BCUT2D eigenvalue weighted by molar-refractivity contribution is -0.384. The van der Waals surface area contributed by atoms with Crippen LogP contribution in [-0.2, 0) is 11.2 Å². The fraction of sp³-hybridized carbons (Fsp3) is 0.462. The van der Waals surface area contributed by atoms with Gasteiger partial charge in [0.2, 0.25) is 0 Å². The molecule has 0 spiro atoms. The molecule has 0 aromatic heterocycles. The molecule has 96 valence electrons. The Morgan fingerprint density at radius 3 is 2.61 bits per heavy atom. The number of rotatable bonds is 5. The Bertz CT molecular complexity index is 506. The quantitative estimate of drug-likeness (QED) is 0.594. The highest BCUT2D eigenvalue weighted by Gasteiger charge is 2.47. The summed E-state index contributed by atoms with van der Waals surface area (Å²) in [7, 11) is 1.53.